The van der Waals surface area contributed by atoms with Crippen molar-refractivity contribution in [1.82, 2.24) is 25.1 Å². The van der Waals surface area contributed by atoms with Gasteiger partial charge >= 0.3 is 12.2 Å². The molecule has 0 aliphatic heterocycles. The minimum Gasteiger partial charge on any atom is -0.322 e. The Morgan fingerprint density at radius 3 is 2.38 bits per heavy atom. The standard InChI is InChI=1S/C24H18F5IN6O/c1-36-21(32-13-33-36)11-23(20-6-5-18(30)12-31-20,14-7-15(24(27,28)29)9-17(26)8-14)35-22(37)34-19-4-2-3-16(25)10-19/h2-10,12-13H,11H2,1H3,(H2,34,35,37)/t23-/m0/s1. The van der Waals surface area contributed by atoms with Crippen LogP contribution in [0.3, 0.4) is 0 Å². The molecule has 2 aromatic heterocycles. The summed E-state index contributed by atoms with van der Waals surface area (Å²) in [6.45, 7) is 0. The third kappa shape index (κ3) is 6.03. The normalized spacial score (nSPS) is 13.2. The van der Waals surface area contributed by atoms with Crippen LogP contribution in [0.5, 0.6) is 0 Å². The number of nitrogens with zero attached hydrogens (tertiary/aromatic N) is 4. The van der Waals surface area contributed by atoms with Crippen molar-refractivity contribution in [3.63, 3.8) is 0 Å². The molecule has 2 amide bonds. The predicted molar refractivity (Wildman–Crippen MR) is 132 cm³/mol. The lowest BCUT2D eigenvalue weighted by atomic mass is 9.81. The van der Waals surface area contributed by atoms with Crippen LogP contribution in [0.4, 0.5) is 32.4 Å². The van der Waals surface area contributed by atoms with Gasteiger partial charge in [0, 0.05) is 28.9 Å². The van der Waals surface area contributed by atoms with Crippen LogP contribution in [0.25, 0.3) is 0 Å². The largest absolute Gasteiger partial charge is 0.416 e. The Bertz CT molecular complexity index is 1430. The number of carbonyl (C=O) groups is 1. The Hall–Kier alpha value is -3.62. The minimum atomic E-state index is -4.86. The van der Waals surface area contributed by atoms with Crippen LogP contribution < -0.4 is 10.6 Å². The number of nitrogens with one attached hydrogen (secondary N) is 2. The van der Waals surface area contributed by atoms with Gasteiger partial charge in [0.1, 0.15) is 29.3 Å². The lowest BCUT2D eigenvalue weighted by Crippen LogP contribution is -2.51. The third-order valence-corrected chi connectivity index (χ3v) is 6.16. The molecule has 13 heteroatoms. The molecule has 4 rings (SSSR count). The fourth-order valence-electron chi connectivity index (χ4n) is 3.79. The van der Waals surface area contributed by atoms with Crippen LogP contribution in [-0.4, -0.2) is 25.8 Å². The molecule has 1 atom stereocenters. The number of hydrogen-bond acceptors (Lipinski definition) is 4. The van der Waals surface area contributed by atoms with E-state index in [0.29, 0.717) is 9.64 Å². The molecule has 0 saturated heterocycles. The van der Waals surface area contributed by atoms with Gasteiger partial charge in [-0.3, -0.25) is 9.67 Å². The molecule has 2 aromatic carbocycles. The van der Waals surface area contributed by atoms with Crippen molar-refractivity contribution in [2.45, 2.75) is 18.1 Å². The van der Waals surface area contributed by atoms with Gasteiger partial charge in [-0.1, -0.05) is 6.07 Å². The summed E-state index contributed by atoms with van der Waals surface area (Å²) in [7, 11) is 1.56. The van der Waals surface area contributed by atoms with Crippen LogP contribution in [0.15, 0.2) is 67.1 Å². The van der Waals surface area contributed by atoms with Gasteiger partial charge in [-0.15, -0.1) is 0 Å². The maximum absolute atomic E-state index is 14.6. The first-order valence-electron chi connectivity index (χ1n) is 10.6. The zero-order valence-corrected chi connectivity index (χ0v) is 21.2. The Morgan fingerprint density at radius 2 is 1.76 bits per heavy atom. The van der Waals surface area contributed by atoms with Gasteiger partial charge in [0.25, 0.3) is 0 Å². The van der Waals surface area contributed by atoms with E-state index in [2.05, 4.69) is 25.7 Å². The fourth-order valence-corrected chi connectivity index (χ4v) is 4.11. The zero-order valence-electron chi connectivity index (χ0n) is 19.0. The highest BCUT2D eigenvalue weighted by atomic mass is 127. The minimum absolute atomic E-state index is 0.0934. The summed E-state index contributed by atoms with van der Waals surface area (Å²) < 4.78 is 71.4. The van der Waals surface area contributed by atoms with E-state index in [-0.39, 0.29) is 29.2 Å². The summed E-state index contributed by atoms with van der Waals surface area (Å²) in [6, 6.07) is 9.33. The Balaban J connectivity index is 1.92. The Kier molecular flexibility index (Phi) is 7.43. The van der Waals surface area contributed by atoms with E-state index in [1.807, 2.05) is 22.6 Å². The molecule has 0 saturated carbocycles. The van der Waals surface area contributed by atoms with E-state index < -0.39 is 34.9 Å². The van der Waals surface area contributed by atoms with E-state index in [4.69, 9.17) is 0 Å². The number of pyridine rings is 1. The summed E-state index contributed by atoms with van der Waals surface area (Å²) in [5.41, 5.74) is -3.11. The third-order valence-electron chi connectivity index (χ3n) is 5.52. The van der Waals surface area contributed by atoms with Gasteiger partial charge in [0.2, 0.25) is 0 Å². The molecule has 4 aromatic rings. The van der Waals surface area contributed by atoms with Crippen LogP contribution >= 0.6 is 22.6 Å². The van der Waals surface area contributed by atoms with Gasteiger partial charge in [-0.05, 0) is 76.7 Å². The highest BCUT2D eigenvalue weighted by Crippen LogP contribution is 2.37. The van der Waals surface area contributed by atoms with Gasteiger partial charge < -0.3 is 10.6 Å². The molecule has 0 aliphatic carbocycles. The fraction of sp³-hybridized carbons (Fsp3) is 0.167. The summed E-state index contributed by atoms with van der Waals surface area (Å²) in [5.74, 6) is -1.50. The van der Waals surface area contributed by atoms with Crippen molar-refractivity contribution in [2.24, 2.45) is 7.05 Å². The average Bonchev–Trinajstić information content (AvgIpc) is 3.22. The summed E-state index contributed by atoms with van der Waals surface area (Å²) in [4.78, 5) is 21.7. The van der Waals surface area contributed by atoms with E-state index in [0.717, 1.165) is 18.2 Å². The number of carbonyl (C=O) groups excluding carboxylic acids is 1. The summed E-state index contributed by atoms with van der Waals surface area (Å²) in [5, 5.41) is 9.13. The lowest BCUT2D eigenvalue weighted by molar-refractivity contribution is -0.137. The maximum Gasteiger partial charge on any atom is 0.416 e. The van der Waals surface area contributed by atoms with Gasteiger partial charge in [-0.25, -0.2) is 18.6 Å². The Morgan fingerprint density at radius 1 is 1.00 bits per heavy atom. The highest BCUT2D eigenvalue weighted by molar-refractivity contribution is 14.1. The molecule has 0 radical (unpaired) electrons. The first kappa shape index (κ1) is 26.4. The van der Waals surface area contributed by atoms with Gasteiger partial charge in [-0.2, -0.15) is 18.3 Å². The monoisotopic (exact) mass is 628 g/mol. The van der Waals surface area contributed by atoms with E-state index in [1.54, 1.807) is 13.1 Å². The van der Waals surface area contributed by atoms with Crippen LogP contribution in [0.1, 0.15) is 22.6 Å². The van der Waals surface area contributed by atoms with Crippen LogP contribution in [0, 0.1) is 15.2 Å². The molecular weight excluding hydrogens is 610 g/mol. The molecule has 0 aliphatic rings. The van der Waals surface area contributed by atoms with Crippen LogP contribution in [0.2, 0.25) is 0 Å². The number of halogens is 6. The van der Waals surface area contributed by atoms with Crippen molar-refractivity contribution in [2.75, 3.05) is 5.32 Å². The van der Waals surface area contributed by atoms with E-state index in [1.165, 1.54) is 41.5 Å². The number of anilines is 1. The number of amides is 2. The highest BCUT2D eigenvalue weighted by Gasteiger charge is 2.42. The molecule has 0 spiro atoms. The quantitative estimate of drug-likeness (QED) is 0.221. The maximum atomic E-state index is 14.6. The second-order valence-corrected chi connectivity index (χ2v) is 9.31. The lowest BCUT2D eigenvalue weighted by Gasteiger charge is -2.35. The molecule has 192 valence electrons. The number of alkyl halides is 3. The molecule has 2 heterocycles. The topological polar surface area (TPSA) is 84.7 Å². The van der Waals surface area contributed by atoms with Crippen molar-refractivity contribution in [3.8, 4) is 0 Å². The van der Waals surface area contributed by atoms with Crippen molar-refractivity contribution >= 4 is 34.3 Å². The number of rotatable bonds is 6. The number of aryl methyl sites for hydroxylation is 1. The second-order valence-electron chi connectivity index (χ2n) is 8.06. The molecule has 2 N–H and O–H groups in total. The van der Waals surface area contributed by atoms with E-state index in [9.17, 15) is 26.7 Å². The first-order valence-corrected chi connectivity index (χ1v) is 11.7. The second kappa shape index (κ2) is 10.4. The number of benzene rings is 2. The summed E-state index contributed by atoms with van der Waals surface area (Å²) in [6.07, 6.45) is -2.41. The smallest absolute Gasteiger partial charge is 0.322 e. The number of aromatic nitrogens is 4. The summed E-state index contributed by atoms with van der Waals surface area (Å²) >= 11 is 2.00. The average molecular weight is 628 g/mol. The number of urea groups is 1. The molecule has 7 nitrogen and oxygen atoms in total. The molecule has 37 heavy (non-hydrogen) atoms. The molecule has 0 unspecified atom stereocenters. The number of hydrogen-bond donors (Lipinski definition) is 2. The van der Waals surface area contributed by atoms with Gasteiger partial charge in [0.05, 0.1) is 11.3 Å². The Labute approximate surface area is 221 Å². The molecule has 0 fully saturated rings. The van der Waals surface area contributed by atoms with Crippen molar-refractivity contribution in [3.05, 3.63) is 105 Å². The van der Waals surface area contributed by atoms with Crippen molar-refractivity contribution < 1.29 is 26.7 Å². The molecular formula is C24H18F5IN6O. The van der Waals surface area contributed by atoms with Crippen molar-refractivity contribution in [1.29, 1.82) is 0 Å². The van der Waals surface area contributed by atoms with Gasteiger partial charge in [0.15, 0.2) is 0 Å². The SMILES string of the molecule is Cn1ncnc1C[C@](NC(=O)Nc1cccc(F)c1)(c1cc(F)cc(C(F)(F)F)c1)c1ccc(I)cn1. The predicted octanol–water partition coefficient (Wildman–Crippen LogP) is 5.42. The zero-order chi connectivity index (χ0) is 26.8. The molecule has 0 bridgehead atoms. The van der Waals surface area contributed by atoms with E-state index >= 15 is 0 Å². The first-order chi connectivity index (χ1) is 17.5. The van der Waals surface area contributed by atoms with Crippen LogP contribution in [-0.2, 0) is 25.2 Å².